The molecule has 1 atom stereocenters. The van der Waals surface area contributed by atoms with Gasteiger partial charge in [-0.25, -0.2) is 17.6 Å². The van der Waals surface area contributed by atoms with Crippen molar-refractivity contribution >= 4 is 33.3 Å². The summed E-state index contributed by atoms with van der Waals surface area (Å²) in [4.78, 5) is 12.3. The fourth-order valence-corrected chi connectivity index (χ4v) is 3.24. The van der Waals surface area contributed by atoms with E-state index in [0.717, 1.165) is 18.2 Å². The maximum Gasteiger partial charge on any atom is 0.335 e. The lowest BCUT2D eigenvalue weighted by Crippen LogP contribution is -2.34. The van der Waals surface area contributed by atoms with E-state index in [2.05, 4.69) is 0 Å². The Bertz CT molecular complexity index is 974. The van der Waals surface area contributed by atoms with Gasteiger partial charge in [0.05, 0.1) is 24.3 Å². The Morgan fingerprint density at radius 2 is 2.39 bits per heavy atom. The summed E-state index contributed by atoms with van der Waals surface area (Å²) in [6.07, 6.45) is -6.55. The third-order valence-electron chi connectivity index (χ3n) is 2.80. The molecule has 8 heteroatoms. The van der Waals surface area contributed by atoms with E-state index in [4.69, 9.17) is 24.6 Å². The van der Waals surface area contributed by atoms with Crippen LogP contribution in [0, 0.1) is 5.82 Å². The van der Waals surface area contributed by atoms with E-state index in [1.807, 2.05) is 0 Å². The van der Waals surface area contributed by atoms with Crippen molar-refractivity contribution in [1.82, 2.24) is 0 Å². The van der Waals surface area contributed by atoms with E-state index in [1.54, 1.807) is 0 Å². The SMILES string of the molecule is [2H]N(c1ccc(F)cc1Cl)S(=O)(=O)[C@]1([2H])CC([2H])([2H])C([2H])([2H])C=C1C(=O)OCC. The van der Waals surface area contributed by atoms with Gasteiger partial charge in [-0.15, -0.1) is 0 Å². The average molecular weight is 368 g/mol. The van der Waals surface area contributed by atoms with Crippen LogP contribution in [0.3, 0.4) is 0 Å². The van der Waals surface area contributed by atoms with Crippen LogP contribution in [-0.2, 0) is 19.6 Å². The van der Waals surface area contributed by atoms with Crippen LogP contribution in [0.5, 0.6) is 0 Å². The number of anilines is 1. The summed E-state index contributed by atoms with van der Waals surface area (Å²) in [5.74, 6) is -2.14. The fourth-order valence-electron chi connectivity index (χ4n) is 1.78. The molecule has 1 aliphatic carbocycles. The zero-order chi connectivity index (χ0) is 22.4. The normalized spacial score (nSPS) is 29.6. The van der Waals surface area contributed by atoms with Crippen LogP contribution in [-0.4, -0.2) is 26.2 Å². The summed E-state index contributed by atoms with van der Waals surface area (Å²) in [5, 5.41) is -3.57. The van der Waals surface area contributed by atoms with E-state index in [-0.39, 0.29) is 11.3 Å². The van der Waals surface area contributed by atoms with Gasteiger partial charge in [-0.05, 0) is 44.3 Å². The smallest absolute Gasteiger partial charge is 0.335 e. The second-order valence-electron chi connectivity index (χ2n) is 4.36. The van der Waals surface area contributed by atoms with Gasteiger partial charge in [0.25, 0.3) is 0 Å². The number of allylic oxidation sites excluding steroid dienone is 1. The first kappa shape index (κ1) is 11.0. The van der Waals surface area contributed by atoms with Crippen LogP contribution in [0.25, 0.3) is 0 Å². The number of hydrogen-bond donors (Lipinski definition) is 1. The number of sulfonamides is 1. The average Bonchev–Trinajstić information content (AvgIpc) is 2.57. The Morgan fingerprint density at radius 3 is 3.04 bits per heavy atom. The quantitative estimate of drug-likeness (QED) is 0.811. The van der Waals surface area contributed by atoms with Crippen LogP contribution >= 0.6 is 11.6 Å². The minimum absolute atomic E-state index is 0.203. The summed E-state index contributed by atoms with van der Waals surface area (Å²) in [6, 6.07) is 2.44. The number of nitrogens with one attached hydrogen (secondary N) is 1. The predicted molar refractivity (Wildman–Crippen MR) is 86.3 cm³/mol. The third kappa shape index (κ3) is 4.23. The van der Waals surface area contributed by atoms with Crippen LogP contribution in [0.2, 0.25) is 6.43 Å². The van der Waals surface area contributed by atoms with Crippen LogP contribution in [0.1, 0.15) is 32.9 Å². The Balaban J connectivity index is 2.70. The minimum Gasteiger partial charge on any atom is -0.463 e. The first-order valence-electron chi connectivity index (χ1n) is 9.45. The van der Waals surface area contributed by atoms with Crippen molar-refractivity contribution in [2.24, 2.45) is 0 Å². The zero-order valence-corrected chi connectivity index (χ0v) is 13.5. The molecule has 1 N–H and O–H groups in total. The number of rotatable bonds is 5. The number of benzene rings is 1. The van der Waals surface area contributed by atoms with Gasteiger partial charge in [-0.3, -0.25) is 4.72 Å². The van der Waals surface area contributed by atoms with Crippen molar-refractivity contribution in [2.75, 3.05) is 11.3 Å². The lowest BCUT2D eigenvalue weighted by Gasteiger charge is -2.24. The van der Waals surface area contributed by atoms with Crippen molar-refractivity contribution in [3.05, 3.63) is 40.7 Å². The van der Waals surface area contributed by atoms with E-state index >= 15 is 0 Å². The fraction of sp³-hybridized carbons (Fsp3) is 0.400. The summed E-state index contributed by atoms with van der Waals surface area (Å²) in [6.45, 7) is 1.20. The van der Waals surface area contributed by atoms with Gasteiger partial charge in [0.1, 0.15) is 11.0 Å². The lowest BCUT2D eigenvalue weighted by molar-refractivity contribution is -0.138. The van der Waals surface area contributed by atoms with Gasteiger partial charge in [-0.2, -0.15) is 0 Å². The van der Waals surface area contributed by atoms with E-state index in [1.165, 1.54) is 6.92 Å². The van der Waals surface area contributed by atoms with Gasteiger partial charge in [0.15, 0.2) is 1.41 Å². The first-order chi connectivity index (χ1) is 13.1. The zero-order valence-electron chi connectivity index (χ0n) is 18.0. The van der Waals surface area contributed by atoms with Gasteiger partial charge in [-0.1, -0.05) is 17.7 Å². The molecule has 0 bridgehead atoms. The van der Waals surface area contributed by atoms with Crippen LogP contribution in [0.15, 0.2) is 29.8 Å². The van der Waals surface area contributed by atoms with Crippen molar-refractivity contribution in [3.8, 4) is 0 Å². The first-order valence-corrected chi connectivity index (χ1v) is 8.32. The molecule has 0 aromatic heterocycles. The molecule has 1 aromatic rings. The molecule has 1 aliphatic rings. The number of carbonyl (C=O) groups is 1. The number of esters is 1. The maximum atomic E-state index is 13.3. The van der Waals surface area contributed by atoms with Gasteiger partial charge >= 0.3 is 5.97 Å². The largest absolute Gasteiger partial charge is 0.463 e. The molecule has 0 saturated heterocycles. The molecule has 0 heterocycles. The van der Waals surface area contributed by atoms with Crippen molar-refractivity contribution < 1.29 is 30.6 Å². The molecule has 0 unspecified atom stereocenters. The van der Waals surface area contributed by atoms with Gasteiger partial charge in [0, 0.05) is 5.48 Å². The van der Waals surface area contributed by atoms with Crippen LogP contribution in [0.4, 0.5) is 10.1 Å². The van der Waals surface area contributed by atoms with Crippen LogP contribution < -0.4 is 4.72 Å². The lowest BCUT2D eigenvalue weighted by atomic mass is 9.99. The molecular weight excluding hydrogens is 345 g/mol. The molecule has 0 radical (unpaired) electrons. The molecule has 0 fully saturated rings. The summed E-state index contributed by atoms with van der Waals surface area (Å²) >= 11 is 5.80. The summed E-state index contributed by atoms with van der Waals surface area (Å²) in [5.41, 5.74) is -1.49. The molecule has 5 nitrogen and oxygen atoms in total. The minimum atomic E-state index is -5.20. The van der Waals surface area contributed by atoms with E-state index in [0.29, 0.717) is 6.08 Å². The van der Waals surface area contributed by atoms with Crippen molar-refractivity contribution in [3.63, 3.8) is 0 Å². The molecule has 2 rings (SSSR count). The topological polar surface area (TPSA) is 72.5 Å². The Labute approximate surface area is 148 Å². The summed E-state index contributed by atoms with van der Waals surface area (Å²) < 4.78 is 91.8. The van der Waals surface area contributed by atoms with Crippen molar-refractivity contribution in [1.29, 1.82) is 0 Å². The Kier molecular flexibility index (Phi) is 3.51. The third-order valence-corrected chi connectivity index (χ3v) is 4.53. The number of ether oxygens (including phenoxy) is 1. The molecule has 0 spiro atoms. The number of hydrogen-bond acceptors (Lipinski definition) is 4. The van der Waals surface area contributed by atoms with Gasteiger partial charge in [0.2, 0.25) is 10.0 Å². The highest BCUT2D eigenvalue weighted by atomic mass is 35.5. The number of halogens is 2. The van der Waals surface area contributed by atoms with E-state index < -0.39 is 62.5 Å². The standard InChI is InChI=1S/C15H17ClFNO4S/c1-2-22-15(19)11-5-3-4-6-14(11)23(20,21)18-13-8-7-10(17)9-12(13)16/h5,7-9,14,18H,2-4,6H2,1H3/t14-/m1/s1/i3D2,4D2,14D/hD. The second-order valence-corrected chi connectivity index (χ2v) is 6.39. The molecule has 126 valence electrons. The highest BCUT2D eigenvalue weighted by molar-refractivity contribution is 7.93. The summed E-state index contributed by atoms with van der Waals surface area (Å²) in [7, 11) is -5.20. The highest BCUT2D eigenvalue weighted by Crippen LogP contribution is 2.30. The van der Waals surface area contributed by atoms with Crippen molar-refractivity contribution in [2.45, 2.75) is 31.3 Å². The molecule has 0 saturated carbocycles. The number of carbonyl (C=O) groups excluding carboxylic acids is 1. The Morgan fingerprint density at radius 1 is 1.65 bits per heavy atom. The molecule has 0 aliphatic heterocycles. The maximum absolute atomic E-state index is 13.3. The predicted octanol–water partition coefficient (Wildman–Crippen LogP) is 3.26. The molecule has 1 aromatic carbocycles. The Hall–Kier alpha value is -1.60. The molecular formula is C15H17ClFNO4S. The highest BCUT2D eigenvalue weighted by Gasteiger charge is 2.35. The second kappa shape index (κ2) is 7.31. The van der Waals surface area contributed by atoms with Gasteiger partial charge < -0.3 is 4.74 Å². The van der Waals surface area contributed by atoms with E-state index in [9.17, 15) is 17.6 Å². The molecule has 0 amide bonds. The monoisotopic (exact) mass is 367 g/mol. The molecule has 23 heavy (non-hydrogen) atoms.